The summed E-state index contributed by atoms with van der Waals surface area (Å²) in [4.78, 5) is 25.0. The summed E-state index contributed by atoms with van der Waals surface area (Å²) < 4.78 is 3.16. The van der Waals surface area contributed by atoms with Gasteiger partial charge in [0.05, 0.1) is 34.9 Å². The summed E-state index contributed by atoms with van der Waals surface area (Å²) in [5.74, 6) is 6.00. The molecule has 2 heterocycles. The van der Waals surface area contributed by atoms with E-state index in [1.807, 2.05) is 62.4 Å². The van der Waals surface area contributed by atoms with Crippen LogP contribution in [0.4, 0.5) is 0 Å². The second-order valence-electron chi connectivity index (χ2n) is 10.2. The van der Waals surface area contributed by atoms with Crippen molar-refractivity contribution in [3.63, 3.8) is 0 Å². The quantitative estimate of drug-likeness (QED) is 0.0847. The van der Waals surface area contributed by atoms with Gasteiger partial charge in [0.2, 0.25) is 0 Å². The third-order valence-corrected chi connectivity index (χ3v) is 7.73. The van der Waals surface area contributed by atoms with Gasteiger partial charge in [-0.15, -0.1) is 0 Å². The molecule has 0 aliphatic carbocycles. The normalized spacial score (nSPS) is 10.2. The van der Waals surface area contributed by atoms with Gasteiger partial charge in [-0.2, -0.15) is 10.2 Å². The fraction of sp³-hybridized carbons (Fsp3) is 0.0588. The van der Waals surface area contributed by atoms with Gasteiger partial charge in [0.15, 0.2) is 11.6 Å². The Balaban J connectivity index is 0.000000248. The SMILES string of the molecule is Cc1cccc(-n2cc(C(=O)c3cc(Cl)cc(Cl)c3[O-])cn2)c1.Cc1cccc(-n2cc(C(=O)c3cc(Cl)cc(Cl)c3[O-])cn2)c1.NN.[Cu+2]. The van der Waals surface area contributed by atoms with Crippen molar-refractivity contribution in [2.24, 2.45) is 11.7 Å². The van der Waals surface area contributed by atoms with E-state index in [1.165, 1.54) is 36.7 Å². The molecule has 4 N–H and O–H groups in total. The summed E-state index contributed by atoms with van der Waals surface area (Å²) in [5, 5.41) is 32.7. The predicted octanol–water partition coefficient (Wildman–Crippen LogP) is 6.40. The second kappa shape index (κ2) is 17.5. The van der Waals surface area contributed by atoms with E-state index in [2.05, 4.69) is 21.9 Å². The summed E-state index contributed by atoms with van der Waals surface area (Å²) >= 11 is 23.3. The van der Waals surface area contributed by atoms with Crippen LogP contribution in [0.5, 0.6) is 11.5 Å². The van der Waals surface area contributed by atoms with E-state index >= 15 is 0 Å². The van der Waals surface area contributed by atoms with Crippen LogP contribution < -0.4 is 21.9 Å². The second-order valence-corrected chi connectivity index (χ2v) is 11.9. The van der Waals surface area contributed by atoms with E-state index in [-0.39, 0.29) is 48.3 Å². The molecule has 4 aromatic carbocycles. The summed E-state index contributed by atoms with van der Waals surface area (Å²) in [6.07, 6.45) is 5.98. The zero-order valence-electron chi connectivity index (χ0n) is 25.6. The molecule has 0 atom stereocenters. The number of hydrazine groups is 1. The number of rotatable bonds is 6. The monoisotopic (exact) mass is 785 g/mol. The van der Waals surface area contributed by atoms with Crippen LogP contribution >= 0.6 is 46.4 Å². The van der Waals surface area contributed by atoms with E-state index < -0.39 is 23.1 Å². The average molecular weight is 788 g/mol. The Bertz CT molecular complexity index is 1970. The first-order valence-electron chi connectivity index (χ1n) is 13.9. The first-order valence-corrected chi connectivity index (χ1v) is 15.4. The molecule has 0 bridgehead atoms. The minimum atomic E-state index is -0.538. The maximum absolute atomic E-state index is 12.5. The van der Waals surface area contributed by atoms with Gasteiger partial charge in [-0.25, -0.2) is 9.36 Å². The minimum absolute atomic E-state index is 0. The predicted molar refractivity (Wildman–Crippen MR) is 184 cm³/mol. The van der Waals surface area contributed by atoms with Crippen molar-refractivity contribution < 1.29 is 36.9 Å². The number of aryl methyl sites for hydroxylation is 2. The average Bonchev–Trinajstić information content (AvgIpc) is 3.77. The minimum Gasteiger partial charge on any atom is -0.871 e. The maximum Gasteiger partial charge on any atom is 2.00 e. The third kappa shape index (κ3) is 9.51. The summed E-state index contributed by atoms with van der Waals surface area (Å²) in [6, 6.07) is 20.7. The van der Waals surface area contributed by atoms with Crippen LogP contribution in [0.25, 0.3) is 11.4 Å². The van der Waals surface area contributed by atoms with Crippen molar-refractivity contribution >= 4 is 58.0 Å². The Morgan fingerprint density at radius 3 is 1.35 bits per heavy atom. The molecule has 0 aliphatic heterocycles. The zero-order valence-corrected chi connectivity index (χ0v) is 29.6. The molecule has 2 aromatic heterocycles. The Labute approximate surface area is 312 Å². The summed E-state index contributed by atoms with van der Waals surface area (Å²) in [6.45, 7) is 3.94. The molecular weight excluding hydrogens is 762 g/mol. The number of hydrogen-bond donors (Lipinski definition) is 2. The van der Waals surface area contributed by atoms with Crippen LogP contribution in [0, 0.1) is 13.8 Å². The molecule has 49 heavy (non-hydrogen) atoms. The van der Waals surface area contributed by atoms with Gasteiger partial charge in [-0.3, -0.25) is 21.3 Å². The van der Waals surface area contributed by atoms with Crippen molar-refractivity contribution in [2.75, 3.05) is 0 Å². The van der Waals surface area contributed by atoms with Crippen LogP contribution in [0.1, 0.15) is 43.0 Å². The number of nitrogens with zero attached hydrogens (tertiary/aromatic N) is 4. The van der Waals surface area contributed by atoms with E-state index in [9.17, 15) is 19.8 Å². The van der Waals surface area contributed by atoms with E-state index in [0.29, 0.717) is 11.1 Å². The molecule has 1 radical (unpaired) electrons. The maximum atomic E-state index is 12.5. The van der Waals surface area contributed by atoms with Crippen molar-refractivity contribution in [3.8, 4) is 22.9 Å². The van der Waals surface area contributed by atoms with Crippen molar-refractivity contribution in [3.05, 3.63) is 151 Å². The van der Waals surface area contributed by atoms with E-state index in [4.69, 9.17) is 46.4 Å². The van der Waals surface area contributed by atoms with E-state index in [1.54, 1.807) is 21.8 Å². The smallest absolute Gasteiger partial charge is 0.871 e. The number of carbonyl (C=O) groups is 2. The number of ketones is 2. The molecule has 255 valence electrons. The van der Waals surface area contributed by atoms with Gasteiger partial charge in [-0.05, 0) is 73.5 Å². The number of benzene rings is 4. The summed E-state index contributed by atoms with van der Waals surface area (Å²) in [7, 11) is 0. The number of carbonyl (C=O) groups excluding carboxylic acids is 2. The largest absolute Gasteiger partial charge is 2.00 e. The molecular formula is C34H26Cl4CuN6O4. The Morgan fingerprint density at radius 1 is 0.633 bits per heavy atom. The Kier molecular flexibility index (Phi) is 14.0. The number of halogens is 4. The fourth-order valence-electron chi connectivity index (χ4n) is 4.47. The number of aromatic nitrogens is 4. The van der Waals surface area contributed by atoms with Crippen LogP contribution in [-0.2, 0) is 17.1 Å². The first kappa shape index (κ1) is 39.3. The molecule has 0 saturated heterocycles. The summed E-state index contributed by atoms with van der Waals surface area (Å²) in [5.41, 5.74) is 4.27. The molecule has 0 amide bonds. The van der Waals surface area contributed by atoms with Gasteiger partial charge in [0, 0.05) is 43.6 Å². The van der Waals surface area contributed by atoms with Crippen LogP contribution in [0.2, 0.25) is 20.1 Å². The fourth-order valence-corrected chi connectivity index (χ4v) is 5.46. The van der Waals surface area contributed by atoms with Crippen molar-refractivity contribution in [1.29, 1.82) is 0 Å². The van der Waals surface area contributed by atoms with Crippen molar-refractivity contribution in [2.45, 2.75) is 13.8 Å². The van der Waals surface area contributed by atoms with Crippen molar-refractivity contribution in [1.82, 2.24) is 19.6 Å². The van der Waals surface area contributed by atoms with Gasteiger partial charge in [0.25, 0.3) is 0 Å². The molecule has 6 aromatic rings. The molecule has 10 nitrogen and oxygen atoms in total. The van der Waals surface area contributed by atoms with Crippen LogP contribution in [-0.4, -0.2) is 31.1 Å². The Hall–Kier alpha value is -4.16. The molecule has 0 saturated carbocycles. The standard InChI is InChI=1S/2C17H12Cl2N2O2.Cu.H4N2/c2*1-10-3-2-4-13(5-10)21-9-11(8-20-21)16(22)14-6-12(18)7-15(19)17(14)23;;1-2/h2*2-9,23H,1H3;;1-2H2/q;;+2;/p-2. The molecule has 0 aliphatic rings. The molecule has 15 heteroatoms. The number of hydrogen-bond acceptors (Lipinski definition) is 8. The zero-order chi connectivity index (χ0) is 35.1. The third-order valence-electron chi connectivity index (χ3n) is 6.73. The van der Waals surface area contributed by atoms with Crippen LogP contribution in [0.15, 0.2) is 97.6 Å². The Morgan fingerprint density at radius 2 is 1.00 bits per heavy atom. The molecule has 0 spiro atoms. The van der Waals surface area contributed by atoms with Crippen LogP contribution in [0.3, 0.4) is 0 Å². The molecule has 0 unspecified atom stereocenters. The van der Waals surface area contributed by atoms with Gasteiger partial charge >= 0.3 is 17.1 Å². The molecule has 6 rings (SSSR count). The van der Waals surface area contributed by atoms with E-state index in [0.717, 1.165) is 22.5 Å². The van der Waals surface area contributed by atoms with Gasteiger partial charge < -0.3 is 10.2 Å². The topological polar surface area (TPSA) is 168 Å². The van der Waals surface area contributed by atoms with Gasteiger partial charge in [0.1, 0.15) is 0 Å². The van der Waals surface area contributed by atoms with Gasteiger partial charge in [-0.1, -0.05) is 82.2 Å². The molecule has 0 fully saturated rings. The first-order chi connectivity index (χ1) is 22.9. The number of nitrogens with two attached hydrogens (primary N) is 2.